The number of aromatic nitrogens is 2. The molecule has 6 heteroatoms. The number of anilines is 1. The summed E-state index contributed by atoms with van der Waals surface area (Å²) >= 11 is 0. The lowest BCUT2D eigenvalue weighted by atomic mass is 9.95. The van der Waals surface area contributed by atoms with E-state index in [0.29, 0.717) is 0 Å². The lowest BCUT2D eigenvalue weighted by Gasteiger charge is -2.20. The molecule has 1 unspecified atom stereocenters. The zero-order valence-corrected chi connectivity index (χ0v) is 15.1. The van der Waals surface area contributed by atoms with E-state index in [1.165, 1.54) is 13.2 Å². The maximum atomic E-state index is 12.1. The topological polar surface area (TPSA) is 87.2 Å². The Morgan fingerprint density at radius 1 is 1.14 bits per heavy atom. The number of phenols is 1. The second-order valence-corrected chi connectivity index (χ2v) is 6.72. The Balaban J connectivity index is 1.77. The second-order valence-electron chi connectivity index (χ2n) is 6.72. The van der Waals surface area contributed by atoms with Crippen molar-refractivity contribution in [1.29, 1.82) is 0 Å². The Morgan fingerprint density at radius 3 is 2.86 bits per heavy atom. The van der Waals surface area contributed by atoms with E-state index in [1.807, 2.05) is 36.5 Å². The lowest BCUT2D eigenvalue weighted by Crippen LogP contribution is -2.12. The van der Waals surface area contributed by atoms with Crippen LogP contribution in [0.3, 0.4) is 0 Å². The van der Waals surface area contributed by atoms with Crippen LogP contribution in [-0.4, -0.2) is 28.2 Å². The zero-order chi connectivity index (χ0) is 19.3. The molecule has 0 saturated carbocycles. The van der Waals surface area contributed by atoms with Gasteiger partial charge < -0.3 is 20.1 Å². The van der Waals surface area contributed by atoms with Crippen LogP contribution in [0.4, 0.5) is 5.69 Å². The van der Waals surface area contributed by atoms with Gasteiger partial charge in [0.05, 0.1) is 13.2 Å². The largest absolute Gasteiger partial charge is 0.507 e. The van der Waals surface area contributed by atoms with Crippen molar-refractivity contribution in [2.24, 2.45) is 0 Å². The first-order chi connectivity index (χ1) is 13.7. The highest BCUT2D eigenvalue weighted by molar-refractivity contribution is 6.01. The van der Waals surface area contributed by atoms with Gasteiger partial charge in [0.15, 0.2) is 0 Å². The molecule has 2 aromatic heterocycles. The molecule has 0 amide bonds. The van der Waals surface area contributed by atoms with Gasteiger partial charge in [-0.05, 0) is 35.4 Å². The van der Waals surface area contributed by atoms with E-state index in [9.17, 15) is 9.90 Å². The summed E-state index contributed by atoms with van der Waals surface area (Å²) in [5, 5.41) is 14.7. The number of carbonyl (C=O) groups is 1. The monoisotopic (exact) mass is 371 g/mol. The molecule has 3 N–H and O–H groups in total. The van der Waals surface area contributed by atoms with Crippen LogP contribution in [0.1, 0.15) is 27.5 Å². The fourth-order valence-corrected chi connectivity index (χ4v) is 3.88. The Morgan fingerprint density at radius 2 is 2.00 bits per heavy atom. The molecule has 1 atom stereocenters. The van der Waals surface area contributed by atoms with E-state index < -0.39 is 5.97 Å². The average molecular weight is 371 g/mol. The fraction of sp³-hybridized carbons (Fsp3) is 0.0909. The number of methoxy groups -OCH3 is 1. The summed E-state index contributed by atoms with van der Waals surface area (Å²) in [6, 6.07) is 14.9. The predicted molar refractivity (Wildman–Crippen MR) is 106 cm³/mol. The highest BCUT2D eigenvalue weighted by atomic mass is 16.5. The molecule has 4 aromatic rings. The van der Waals surface area contributed by atoms with Gasteiger partial charge in [0, 0.05) is 34.6 Å². The molecular formula is C22H17N3O3. The van der Waals surface area contributed by atoms with Gasteiger partial charge in [0.2, 0.25) is 0 Å². The first-order valence-electron chi connectivity index (χ1n) is 8.90. The number of carbonyl (C=O) groups excluding carboxylic acids is 1. The molecule has 138 valence electrons. The number of para-hydroxylation sites is 1. The minimum Gasteiger partial charge on any atom is -0.507 e. The number of esters is 1. The third-order valence-corrected chi connectivity index (χ3v) is 5.19. The van der Waals surface area contributed by atoms with Gasteiger partial charge in [0.25, 0.3) is 0 Å². The molecule has 0 fully saturated rings. The van der Waals surface area contributed by atoms with Crippen LogP contribution in [0, 0.1) is 0 Å². The minimum atomic E-state index is -0.574. The van der Waals surface area contributed by atoms with Gasteiger partial charge in [-0.25, -0.2) is 9.78 Å². The summed E-state index contributed by atoms with van der Waals surface area (Å²) < 4.78 is 4.80. The first-order valence-corrected chi connectivity index (χ1v) is 8.90. The summed E-state index contributed by atoms with van der Waals surface area (Å²) in [5.41, 5.74) is 5.98. The number of nitrogens with zero attached hydrogens (tertiary/aromatic N) is 1. The molecule has 0 aliphatic carbocycles. The summed E-state index contributed by atoms with van der Waals surface area (Å²) in [6.07, 6.45) is 3.74. The number of phenolic OH excluding ortho intramolecular Hbond substituents is 1. The summed E-state index contributed by atoms with van der Waals surface area (Å²) in [7, 11) is 1.30. The Kier molecular flexibility index (Phi) is 3.58. The van der Waals surface area contributed by atoms with Crippen LogP contribution < -0.4 is 5.32 Å². The summed E-state index contributed by atoms with van der Waals surface area (Å²) in [5.74, 6) is -0.680. The molecule has 1 aliphatic heterocycles. The molecule has 28 heavy (non-hydrogen) atoms. The number of hydrogen-bond acceptors (Lipinski definition) is 5. The molecule has 0 bridgehead atoms. The van der Waals surface area contributed by atoms with E-state index in [-0.39, 0.29) is 17.4 Å². The van der Waals surface area contributed by atoms with E-state index in [2.05, 4.69) is 21.4 Å². The van der Waals surface area contributed by atoms with Crippen molar-refractivity contribution in [2.75, 3.05) is 12.4 Å². The number of benzene rings is 2. The smallest absolute Gasteiger partial charge is 0.341 e. The van der Waals surface area contributed by atoms with Crippen LogP contribution in [0.2, 0.25) is 0 Å². The van der Waals surface area contributed by atoms with Crippen molar-refractivity contribution in [2.45, 2.75) is 6.04 Å². The van der Waals surface area contributed by atoms with Crippen LogP contribution in [0.25, 0.3) is 22.2 Å². The molecule has 0 saturated heterocycles. The first kappa shape index (κ1) is 16.4. The quantitative estimate of drug-likeness (QED) is 0.459. The number of fused-ring (bicyclic) bond motifs is 2. The minimum absolute atomic E-state index is 0.106. The van der Waals surface area contributed by atoms with E-state index in [4.69, 9.17) is 4.74 Å². The molecular weight excluding hydrogens is 354 g/mol. The van der Waals surface area contributed by atoms with Crippen LogP contribution >= 0.6 is 0 Å². The number of pyridine rings is 1. The third-order valence-electron chi connectivity index (χ3n) is 5.19. The SMILES string of the molecule is COC(=O)c1cc(C2Nc3ccccc3-c3ccnc4[nH]cc2c34)ccc1O. The predicted octanol–water partition coefficient (Wildman–Crippen LogP) is 4.24. The van der Waals surface area contributed by atoms with Crippen molar-refractivity contribution in [3.05, 3.63) is 77.6 Å². The summed E-state index contributed by atoms with van der Waals surface area (Å²) in [6.45, 7) is 0. The Labute approximate surface area is 160 Å². The lowest BCUT2D eigenvalue weighted by molar-refractivity contribution is 0.0597. The van der Waals surface area contributed by atoms with Crippen molar-refractivity contribution >= 4 is 22.7 Å². The number of ether oxygens (including phenoxy) is 1. The average Bonchev–Trinajstić information content (AvgIpc) is 3.10. The van der Waals surface area contributed by atoms with Gasteiger partial charge in [-0.3, -0.25) is 0 Å². The number of nitrogens with one attached hydrogen (secondary N) is 2. The number of hydrogen-bond donors (Lipinski definition) is 3. The number of H-pyrrole nitrogens is 1. The standard InChI is InChI=1S/C22H17N3O3/c1-28-22(27)15-10-12(6-7-18(15)26)20-16-11-24-21-19(16)14(8-9-23-21)13-4-2-3-5-17(13)25-20/h2-11,20,25-26H,1H3,(H,23,24). The number of rotatable bonds is 2. The molecule has 5 rings (SSSR count). The number of aromatic hydroxyl groups is 1. The fourth-order valence-electron chi connectivity index (χ4n) is 3.88. The molecule has 0 spiro atoms. The Hall–Kier alpha value is -3.80. The van der Waals surface area contributed by atoms with Gasteiger partial charge in [-0.15, -0.1) is 0 Å². The Bertz CT molecular complexity index is 1230. The highest BCUT2D eigenvalue weighted by Crippen LogP contribution is 2.43. The number of aromatic amines is 1. The van der Waals surface area contributed by atoms with E-state index in [1.54, 1.807) is 12.3 Å². The van der Waals surface area contributed by atoms with Crippen LogP contribution in [0.15, 0.2) is 60.9 Å². The highest BCUT2D eigenvalue weighted by Gasteiger charge is 2.27. The summed E-state index contributed by atoms with van der Waals surface area (Å²) in [4.78, 5) is 19.8. The molecule has 3 heterocycles. The van der Waals surface area contributed by atoms with E-state index in [0.717, 1.165) is 39.0 Å². The molecule has 1 aliphatic rings. The normalized spacial score (nSPS) is 14.8. The van der Waals surface area contributed by atoms with Crippen LogP contribution in [0.5, 0.6) is 5.75 Å². The van der Waals surface area contributed by atoms with E-state index >= 15 is 0 Å². The van der Waals surface area contributed by atoms with Gasteiger partial charge >= 0.3 is 5.97 Å². The van der Waals surface area contributed by atoms with Crippen molar-refractivity contribution < 1.29 is 14.6 Å². The maximum Gasteiger partial charge on any atom is 0.341 e. The molecule has 6 nitrogen and oxygen atoms in total. The van der Waals surface area contributed by atoms with Crippen molar-refractivity contribution in [3.63, 3.8) is 0 Å². The van der Waals surface area contributed by atoms with Gasteiger partial charge in [0.1, 0.15) is 17.0 Å². The molecule has 0 radical (unpaired) electrons. The molecule has 2 aromatic carbocycles. The maximum absolute atomic E-state index is 12.1. The van der Waals surface area contributed by atoms with Crippen molar-refractivity contribution in [1.82, 2.24) is 9.97 Å². The second kappa shape index (κ2) is 6.13. The van der Waals surface area contributed by atoms with Gasteiger partial charge in [-0.1, -0.05) is 24.3 Å². The van der Waals surface area contributed by atoms with Crippen molar-refractivity contribution in [3.8, 4) is 16.9 Å². The van der Waals surface area contributed by atoms with Gasteiger partial charge in [-0.2, -0.15) is 0 Å². The third kappa shape index (κ3) is 2.35. The van der Waals surface area contributed by atoms with Crippen LogP contribution in [-0.2, 0) is 4.74 Å². The zero-order valence-electron chi connectivity index (χ0n) is 15.1.